The average Bonchev–Trinajstić information content (AvgIpc) is 2.35. The zero-order valence-corrected chi connectivity index (χ0v) is 10.4. The SMILES string of the molecule is COc1ccc(C(O)CCC(C)OC)cc1F. The first-order valence-corrected chi connectivity index (χ1v) is 5.62. The van der Waals surface area contributed by atoms with Crippen molar-refractivity contribution in [3.63, 3.8) is 0 Å². The van der Waals surface area contributed by atoms with E-state index in [0.29, 0.717) is 12.0 Å². The highest BCUT2D eigenvalue weighted by Gasteiger charge is 2.12. The van der Waals surface area contributed by atoms with Crippen LogP contribution in [0.5, 0.6) is 5.75 Å². The number of aliphatic hydroxyl groups is 1. The molecule has 1 rings (SSSR count). The Hall–Kier alpha value is -1.13. The lowest BCUT2D eigenvalue weighted by molar-refractivity contribution is 0.0850. The van der Waals surface area contributed by atoms with E-state index >= 15 is 0 Å². The van der Waals surface area contributed by atoms with Crippen LogP contribution in [0.15, 0.2) is 18.2 Å². The van der Waals surface area contributed by atoms with Gasteiger partial charge in [-0.15, -0.1) is 0 Å². The van der Waals surface area contributed by atoms with Crippen LogP contribution in [0.1, 0.15) is 31.4 Å². The number of methoxy groups -OCH3 is 2. The average molecular weight is 242 g/mol. The molecule has 0 aliphatic carbocycles. The Bertz CT molecular complexity index is 355. The van der Waals surface area contributed by atoms with Crippen LogP contribution in [-0.4, -0.2) is 25.4 Å². The third-order valence-electron chi connectivity index (χ3n) is 2.81. The molecule has 0 bridgehead atoms. The summed E-state index contributed by atoms with van der Waals surface area (Å²) in [5.41, 5.74) is 0.562. The molecule has 0 aliphatic rings. The molecule has 1 aromatic carbocycles. The molecule has 0 aromatic heterocycles. The molecular weight excluding hydrogens is 223 g/mol. The molecule has 0 saturated carbocycles. The minimum atomic E-state index is -0.673. The lowest BCUT2D eigenvalue weighted by Gasteiger charge is -2.14. The second-order valence-electron chi connectivity index (χ2n) is 4.03. The second-order valence-corrected chi connectivity index (χ2v) is 4.03. The molecule has 96 valence electrons. The number of hydrogen-bond acceptors (Lipinski definition) is 3. The van der Waals surface area contributed by atoms with Gasteiger partial charge in [-0.1, -0.05) is 6.07 Å². The number of halogens is 1. The Balaban J connectivity index is 2.63. The lowest BCUT2D eigenvalue weighted by Crippen LogP contribution is -2.08. The highest BCUT2D eigenvalue weighted by atomic mass is 19.1. The molecule has 1 N–H and O–H groups in total. The highest BCUT2D eigenvalue weighted by Crippen LogP contribution is 2.24. The molecule has 1 aromatic rings. The summed E-state index contributed by atoms with van der Waals surface area (Å²) in [5, 5.41) is 9.89. The van der Waals surface area contributed by atoms with Crippen molar-refractivity contribution < 1.29 is 19.0 Å². The number of benzene rings is 1. The number of aliphatic hydroxyl groups excluding tert-OH is 1. The van der Waals surface area contributed by atoms with Crippen molar-refractivity contribution in [2.24, 2.45) is 0 Å². The van der Waals surface area contributed by atoms with Crippen molar-refractivity contribution in [1.29, 1.82) is 0 Å². The Morgan fingerprint density at radius 1 is 1.29 bits per heavy atom. The first-order chi connectivity index (χ1) is 8.08. The highest BCUT2D eigenvalue weighted by molar-refractivity contribution is 5.30. The van der Waals surface area contributed by atoms with Crippen molar-refractivity contribution in [3.05, 3.63) is 29.6 Å². The normalized spacial score (nSPS) is 14.4. The van der Waals surface area contributed by atoms with Crippen LogP contribution in [-0.2, 0) is 4.74 Å². The first kappa shape index (κ1) is 13.9. The summed E-state index contributed by atoms with van der Waals surface area (Å²) in [6.07, 6.45) is 0.687. The summed E-state index contributed by atoms with van der Waals surface area (Å²) in [6, 6.07) is 4.50. The molecule has 0 saturated heterocycles. The maximum atomic E-state index is 13.4. The van der Waals surface area contributed by atoms with Gasteiger partial charge in [-0.3, -0.25) is 0 Å². The van der Waals surface area contributed by atoms with Crippen LogP contribution in [0.2, 0.25) is 0 Å². The lowest BCUT2D eigenvalue weighted by atomic mass is 10.0. The van der Waals surface area contributed by atoms with E-state index < -0.39 is 11.9 Å². The fourth-order valence-electron chi connectivity index (χ4n) is 1.57. The zero-order chi connectivity index (χ0) is 12.8. The molecule has 4 heteroatoms. The zero-order valence-electron chi connectivity index (χ0n) is 10.4. The molecule has 0 aliphatic heterocycles. The minimum absolute atomic E-state index is 0.0905. The Kier molecular flexibility index (Phi) is 5.38. The molecular formula is C13H19FO3. The van der Waals surface area contributed by atoms with E-state index in [9.17, 15) is 9.50 Å². The van der Waals surface area contributed by atoms with Gasteiger partial charge < -0.3 is 14.6 Å². The molecule has 0 spiro atoms. The van der Waals surface area contributed by atoms with Gasteiger partial charge in [0.25, 0.3) is 0 Å². The number of hydrogen-bond donors (Lipinski definition) is 1. The van der Waals surface area contributed by atoms with E-state index in [1.54, 1.807) is 13.2 Å². The Morgan fingerprint density at radius 3 is 2.53 bits per heavy atom. The smallest absolute Gasteiger partial charge is 0.165 e. The minimum Gasteiger partial charge on any atom is -0.494 e. The van der Waals surface area contributed by atoms with Gasteiger partial charge >= 0.3 is 0 Å². The van der Waals surface area contributed by atoms with Crippen LogP contribution >= 0.6 is 0 Å². The summed E-state index contributed by atoms with van der Waals surface area (Å²) in [5.74, 6) is -0.268. The summed E-state index contributed by atoms with van der Waals surface area (Å²) < 4.78 is 23.3. The fraction of sp³-hybridized carbons (Fsp3) is 0.538. The summed E-state index contributed by atoms with van der Waals surface area (Å²) >= 11 is 0. The number of rotatable bonds is 6. The number of ether oxygens (including phenoxy) is 2. The topological polar surface area (TPSA) is 38.7 Å². The molecule has 3 nitrogen and oxygen atoms in total. The third-order valence-corrected chi connectivity index (χ3v) is 2.81. The van der Waals surface area contributed by atoms with Crippen LogP contribution in [0.3, 0.4) is 0 Å². The standard InChI is InChI=1S/C13H19FO3/c1-9(16-2)4-6-12(15)10-5-7-13(17-3)11(14)8-10/h5,7-9,12,15H,4,6H2,1-3H3. The molecule has 0 amide bonds. The van der Waals surface area contributed by atoms with Gasteiger partial charge in [0.1, 0.15) is 0 Å². The Labute approximate surface area is 101 Å². The van der Waals surface area contributed by atoms with Gasteiger partial charge in [-0.2, -0.15) is 0 Å². The van der Waals surface area contributed by atoms with E-state index in [4.69, 9.17) is 9.47 Å². The van der Waals surface area contributed by atoms with Crippen LogP contribution in [0.25, 0.3) is 0 Å². The van der Waals surface area contributed by atoms with E-state index in [1.165, 1.54) is 19.2 Å². The van der Waals surface area contributed by atoms with Crippen molar-refractivity contribution in [2.45, 2.75) is 32.0 Å². The summed E-state index contributed by atoms with van der Waals surface area (Å²) in [7, 11) is 3.04. The molecule has 2 unspecified atom stereocenters. The first-order valence-electron chi connectivity index (χ1n) is 5.62. The van der Waals surface area contributed by atoms with E-state index in [0.717, 1.165) is 6.42 Å². The van der Waals surface area contributed by atoms with Crippen molar-refractivity contribution >= 4 is 0 Å². The molecule has 0 heterocycles. The summed E-state index contributed by atoms with van der Waals surface area (Å²) in [6.45, 7) is 1.93. The third kappa shape index (κ3) is 3.98. The van der Waals surface area contributed by atoms with Gasteiger partial charge in [0.15, 0.2) is 11.6 Å². The predicted molar refractivity (Wildman–Crippen MR) is 63.6 cm³/mol. The van der Waals surface area contributed by atoms with Gasteiger partial charge in [0, 0.05) is 7.11 Å². The van der Waals surface area contributed by atoms with E-state index in [1.807, 2.05) is 6.92 Å². The van der Waals surface area contributed by atoms with Crippen molar-refractivity contribution in [3.8, 4) is 5.75 Å². The quantitative estimate of drug-likeness (QED) is 0.833. The fourth-order valence-corrected chi connectivity index (χ4v) is 1.57. The van der Waals surface area contributed by atoms with Crippen molar-refractivity contribution in [2.75, 3.05) is 14.2 Å². The summed E-state index contributed by atoms with van der Waals surface area (Å²) in [4.78, 5) is 0. The van der Waals surface area contributed by atoms with Crippen LogP contribution in [0, 0.1) is 5.82 Å². The Morgan fingerprint density at radius 2 is 2.00 bits per heavy atom. The maximum Gasteiger partial charge on any atom is 0.165 e. The largest absolute Gasteiger partial charge is 0.494 e. The van der Waals surface area contributed by atoms with Gasteiger partial charge in [-0.25, -0.2) is 4.39 Å². The second kappa shape index (κ2) is 6.57. The molecule has 2 atom stereocenters. The molecule has 17 heavy (non-hydrogen) atoms. The van der Waals surface area contributed by atoms with Crippen molar-refractivity contribution in [1.82, 2.24) is 0 Å². The molecule has 0 radical (unpaired) electrons. The predicted octanol–water partition coefficient (Wildman–Crippen LogP) is 2.68. The van der Waals surface area contributed by atoms with Gasteiger partial charge in [0.05, 0.1) is 19.3 Å². The van der Waals surface area contributed by atoms with Crippen LogP contribution < -0.4 is 4.74 Å². The monoisotopic (exact) mass is 242 g/mol. The maximum absolute atomic E-state index is 13.4. The van der Waals surface area contributed by atoms with E-state index in [2.05, 4.69) is 0 Å². The van der Waals surface area contributed by atoms with Gasteiger partial charge in [0.2, 0.25) is 0 Å². The van der Waals surface area contributed by atoms with Crippen LogP contribution in [0.4, 0.5) is 4.39 Å². The molecule has 0 fully saturated rings. The van der Waals surface area contributed by atoms with E-state index in [-0.39, 0.29) is 11.9 Å². The van der Waals surface area contributed by atoms with Gasteiger partial charge in [-0.05, 0) is 37.5 Å².